The summed E-state index contributed by atoms with van der Waals surface area (Å²) >= 11 is 0. The smallest absolute Gasteiger partial charge is 0.335 e. The second-order valence-electron chi connectivity index (χ2n) is 8.75. The molecule has 0 radical (unpaired) electrons. The monoisotopic (exact) mass is 496 g/mol. The van der Waals surface area contributed by atoms with Gasteiger partial charge in [-0.25, -0.2) is 4.79 Å². The van der Waals surface area contributed by atoms with E-state index < -0.39 is 36.5 Å². The summed E-state index contributed by atoms with van der Waals surface area (Å²) in [6, 6.07) is 4.64. The van der Waals surface area contributed by atoms with Crippen molar-refractivity contribution in [3.63, 3.8) is 0 Å². The SMILES string of the molecule is CNCCCCCNC(=O)c1cc(COC(=O)C(C)C)ccc1O[C@@H]1C[C@@H](O)[C@H](O)[C@@H](C(=O)O)O1. The minimum absolute atomic E-state index is 0.0342. The maximum absolute atomic E-state index is 12.9. The highest BCUT2D eigenvalue weighted by Crippen LogP contribution is 2.27. The van der Waals surface area contributed by atoms with E-state index >= 15 is 0 Å². The molecule has 196 valence electrons. The van der Waals surface area contributed by atoms with E-state index in [1.807, 2.05) is 7.05 Å². The number of aliphatic hydroxyl groups is 2. The Bertz CT molecular complexity index is 861. The predicted molar refractivity (Wildman–Crippen MR) is 125 cm³/mol. The predicted octanol–water partition coefficient (Wildman–Crippen LogP) is 0.806. The number of aliphatic hydroxyl groups excluding tert-OH is 2. The van der Waals surface area contributed by atoms with Crippen LogP contribution in [0.2, 0.25) is 0 Å². The number of hydrogen-bond donors (Lipinski definition) is 5. The normalized spacial score (nSPS) is 22.0. The van der Waals surface area contributed by atoms with Crippen molar-refractivity contribution in [3.8, 4) is 5.75 Å². The Morgan fingerprint density at radius 1 is 1.14 bits per heavy atom. The number of carboxylic acids is 1. The average Bonchev–Trinajstić information content (AvgIpc) is 2.82. The first-order valence-electron chi connectivity index (χ1n) is 11.8. The number of esters is 1. The number of rotatable bonds is 13. The lowest BCUT2D eigenvalue weighted by atomic mass is 10.0. The van der Waals surface area contributed by atoms with Gasteiger partial charge in [0.15, 0.2) is 6.10 Å². The van der Waals surface area contributed by atoms with Crippen LogP contribution >= 0.6 is 0 Å². The van der Waals surface area contributed by atoms with E-state index in [2.05, 4.69) is 10.6 Å². The number of benzene rings is 1. The number of aliphatic carboxylic acids is 1. The Kier molecular flexibility index (Phi) is 11.4. The molecule has 2 rings (SSSR count). The maximum Gasteiger partial charge on any atom is 0.335 e. The number of carbonyl (C=O) groups excluding carboxylic acids is 2. The summed E-state index contributed by atoms with van der Waals surface area (Å²) in [5, 5.41) is 35.0. The Balaban J connectivity index is 2.16. The van der Waals surface area contributed by atoms with Gasteiger partial charge in [-0.05, 0) is 44.1 Å². The lowest BCUT2D eigenvalue weighted by Gasteiger charge is -2.35. The van der Waals surface area contributed by atoms with Crippen LogP contribution < -0.4 is 15.4 Å². The molecule has 1 saturated heterocycles. The van der Waals surface area contributed by atoms with Crippen LogP contribution in [-0.2, 0) is 25.7 Å². The lowest BCUT2D eigenvalue weighted by Crippen LogP contribution is -2.53. The first kappa shape index (κ1) is 28.5. The first-order valence-corrected chi connectivity index (χ1v) is 11.8. The fourth-order valence-electron chi connectivity index (χ4n) is 3.43. The van der Waals surface area contributed by atoms with E-state index in [0.717, 1.165) is 25.8 Å². The van der Waals surface area contributed by atoms with Crippen molar-refractivity contribution >= 4 is 17.8 Å². The minimum Gasteiger partial charge on any atom is -0.479 e. The van der Waals surface area contributed by atoms with Gasteiger partial charge in [-0.15, -0.1) is 0 Å². The van der Waals surface area contributed by atoms with Crippen molar-refractivity contribution in [2.75, 3.05) is 20.1 Å². The summed E-state index contributed by atoms with van der Waals surface area (Å²) in [4.78, 5) is 36.1. The van der Waals surface area contributed by atoms with Crippen LogP contribution in [0.1, 0.15) is 55.5 Å². The van der Waals surface area contributed by atoms with Crippen LogP contribution in [0.25, 0.3) is 0 Å². The lowest BCUT2D eigenvalue weighted by molar-refractivity contribution is -0.228. The van der Waals surface area contributed by atoms with E-state index in [-0.39, 0.29) is 36.2 Å². The number of nitrogens with one attached hydrogen (secondary N) is 2. The summed E-state index contributed by atoms with van der Waals surface area (Å²) < 4.78 is 16.3. The third-order valence-corrected chi connectivity index (χ3v) is 5.47. The van der Waals surface area contributed by atoms with E-state index in [0.29, 0.717) is 12.1 Å². The van der Waals surface area contributed by atoms with Crippen LogP contribution in [0.5, 0.6) is 5.75 Å². The van der Waals surface area contributed by atoms with Crippen molar-refractivity contribution in [1.29, 1.82) is 0 Å². The molecule has 0 spiro atoms. The molecule has 35 heavy (non-hydrogen) atoms. The first-order chi connectivity index (χ1) is 16.6. The van der Waals surface area contributed by atoms with Gasteiger partial charge >= 0.3 is 11.9 Å². The van der Waals surface area contributed by atoms with Gasteiger partial charge in [-0.2, -0.15) is 0 Å². The molecule has 0 saturated carbocycles. The van der Waals surface area contributed by atoms with Gasteiger partial charge < -0.3 is 40.2 Å². The zero-order valence-electron chi connectivity index (χ0n) is 20.4. The molecule has 0 bridgehead atoms. The summed E-state index contributed by atoms with van der Waals surface area (Å²) in [6.45, 7) is 4.74. The number of amides is 1. The van der Waals surface area contributed by atoms with Crippen molar-refractivity contribution < 1.29 is 43.9 Å². The summed E-state index contributed by atoms with van der Waals surface area (Å²) in [7, 11) is 1.88. The molecule has 4 atom stereocenters. The van der Waals surface area contributed by atoms with Crippen molar-refractivity contribution in [1.82, 2.24) is 10.6 Å². The van der Waals surface area contributed by atoms with Gasteiger partial charge in [0, 0.05) is 13.0 Å². The quantitative estimate of drug-likeness (QED) is 0.195. The van der Waals surface area contributed by atoms with Gasteiger partial charge in [0.05, 0.1) is 17.6 Å². The highest BCUT2D eigenvalue weighted by Gasteiger charge is 2.42. The topological polar surface area (TPSA) is 164 Å². The number of unbranched alkanes of at least 4 members (excludes halogenated alkanes) is 2. The molecule has 0 aliphatic carbocycles. The highest BCUT2D eigenvalue weighted by molar-refractivity contribution is 5.97. The van der Waals surface area contributed by atoms with Gasteiger partial charge in [0.2, 0.25) is 6.29 Å². The van der Waals surface area contributed by atoms with E-state index in [4.69, 9.17) is 14.2 Å². The average molecular weight is 497 g/mol. The molecule has 1 heterocycles. The number of hydrogen-bond acceptors (Lipinski definition) is 9. The van der Waals surface area contributed by atoms with Crippen molar-refractivity contribution in [2.24, 2.45) is 5.92 Å². The van der Waals surface area contributed by atoms with Gasteiger partial charge in [-0.3, -0.25) is 9.59 Å². The number of carbonyl (C=O) groups is 3. The Hall–Kier alpha value is -2.73. The van der Waals surface area contributed by atoms with E-state index in [9.17, 15) is 29.7 Å². The third-order valence-electron chi connectivity index (χ3n) is 5.47. The molecule has 1 aromatic carbocycles. The van der Waals surface area contributed by atoms with Crippen LogP contribution in [0.15, 0.2) is 18.2 Å². The van der Waals surface area contributed by atoms with Crippen LogP contribution in [-0.4, -0.2) is 77.9 Å². The fraction of sp³-hybridized carbons (Fsp3) is 0.625. The molecular formula is C24H36N2O9. The Labute approximate surface area is 204 Å². The highest BCUT2D eigenvalue weighted by atomic mass is 16.7. The number of ether oxygens (including phenoxy) is 3. The van der Waals surface area contributed by atoms with Crippen LogP contribution in [0, 0.1) is 5.92 Å². The summed E-state index contributed by atoms with van der Waals surface area (Å²) in [5.41, 5.74) is 0.711. The summed E-state index contributed by atoms with van der Waals surface area (Å²) in [6.07, 6.45) is -3.34. The zero-order valence-corrected chi connectivity index (χ0v) is 20.4. The minimum atomic E-state index is -1.67. The molecule has 1 aliphatic rings. The zero-order chi connectivity index (χ0) is 26.0. The van der Waals surface area contributed by atoms with Crippen molar-refractivity contribution in [2.45, 2.75) is 70.7 Å². The number of carboxylic acid groups (broad SMARTS) is 1. The van der Waals surface area contributed by atoms with Crippen LogP contribution in [0.4, 0.5) is 0 Å². The standard InChI is InChI=1S/C24H36N2O9/c1-14(2)24(32)33-13-15-7-8-18(16(11-15)22(29)26-10-6-4-5-9-25-3)34-19-12-17(27)20(28)21(35-19)23(30)31/h7-8,11,14,17,19-21,25,27-28H,4-6,9-10,12-13H2,1-3H3,(H,26,29)(H,30,31)/t17-,19+,20+,21+/m1/s1. The molecule has 1 amide bonds. The molecule has 0 aromatic heterocycles. The molecular weight excluding hydrogens is 460 g/mol. The molecule has 1 fully saturated rings. The van der Waals surface area contributed by atoms with Gasteiger partial charge in [-0.1, -0.05) is 26.3 Å². The Morgan fingerprint density at radius 3 is 2.51 bits per heavy atom. The molecule has 5 N–H and O–H groups in total. The van der Waals surface area contributed by atoms with E-state index in [1.165, 1.54) is 12.1 Å². The van der Waals surface area contributed by atoms with E-state index in [1.54, 1.807) is 19.9 Å². The second-order valence-corrected chi connectivity index (χ2v) is 8.75. The fourth-order valence-corrected chi connectivity index (χ4v) is 3.43. The van der Waals surface area contributed by atoms with Crippen LogP contribution in [0.3, 0.4) is 0 Å². The van der Waals surface area contributed by atoms with Crippen molar-refractivity contribution in [3.05, 3.63) is 29.3 Å². The maximum atomic E-state index is 12.9. The molecule has 11 heteroatoms. The summed E-state index contributed by atoms with van der Waals surface area (Å²) in [5.74, 6) is -2.42. The molecule has 1 aromatic rings. The molecule has 0 unspecified atom stereocenters. The second kappa shape index (κ2) is 14.0. The largest absolute Gasteiger partial charge is 0.479 e. The molecule has 11 nitrogen and oxygen atoms in total. The van der Waals surface area contributed by atoms with Gasteiger partial charge in [0.25, 0.3) is 5.91 Å². The molecule has 1 aliphatic heterocycles. The third kappa shape index (κ3) is 8.77. The Morgan fingerprint density at radius 2 is 1.86 bits per heavy atom. The van der Waals surface area contributed by atoms with Gasteiger partial charge in [0.1, 0.15) is 18.5 Å².